The molecule has 1 aromatic carbocycles. The standard InChI is InChI=1S/C18H19N5O2/c1-2-15-21-22-16-8-7-11(10-23(15)16)19-18(25)13-9-17(24)20-14-6-4-3-5-12(13)14/h3-6,9,11H,2,7-8,10H2,1H3,(H,19,25)(H,20,24)/t11-/m1/s1. The molecular formula is C18H19N5O2. The number of aromatic amines is 1. The molecule has 1 atom stereocenters. The first kappa shape index (κ1) is 15.6. The molecule has 2 N–H and O–H groups in total. The van der Waals surface area contributed by atoms with E-state index in [2.05, 4.69) is 25.1 Å². The van der Waals surface area contributed by atoms with E-state index >= 15 is 0 Å². The van der Waals surface area contributed by atoms with Gasteiger partial charge in [-0.1, -0.05) is 25.1 Å². The first-order valence-corrected chi connectivity index (χ1v) is 8.49. The van der Waals surface area contributed by atoms with Crippen molar-refractivity contribution in [2.45, 2.75) is 38.8 Å². The van der Waals surface area contributed by atoms with Crippen LogP contribution in [0.1, 0.15) is 35.4 Å². The van der Waals surface area contributed by atoms with Gasteiger partial charge < -0.3 is 14.9 Å². The average Bonchev–Trinajstić information content (AvgIpc) is 3.03. The van der Waals surface area contributed by atoms with Crippen LogP contribution in [0.4, 0.5) is 0 Å². The lowest BCUT2D eigenvalue weighted by molar-refractivity contribution is 0.0928. The Morgan fingerprint density at radius 3 is 3.04 bits per heavy atom. The number of hydrogen-bond acceptors (Lipinski definition) is 4. The molecule has 0 saturated heterocycles. The highest BCUT2D eigenvalue weighted by atomic mass is 16.2. The lowest BCUT2D eigenvalue weighted by Crippen LogP contribution is -2.41. The van der Waals surface area contributed by atoms with E-state index in [1.165, 1.54) is 6.07 Å². The van der Waals surface area contributed by atoms with Gasteiger partial charge in [0.05, 0.1) is 5.56 Å². The van der Waals surface area contributed by atoms with E-state index in [1.807, 2.05) is 25.1 Å². The van der Waals surface area contributed by atoms with Crippen molar-refractivity contribution in [2.75, 3.05) is 0 Å². The average molecular weight is 337 g/mol. The lowest BCUT2D eigenvalue weighted by Gasteiger charge is -2.25. The summed E-state index contributed by atoms with van der Waals surface area (Å²) in [4.78, 5) is 27.4. The fraction of sp³-hybridized carbons (Fsp3) is 0.333. The number of nitrogens with one attached hydrogen (secondary N) is 2. The zero-order valence-corrected chi connectivity index (χ0v) is 14.0. The lowest BCUT2D eigenvalue weighted by atomic mass is 10.0. The molecule has 0 aliphatic carbocycles. The van der Waals surface area contributed by atoms with Gasteiger partial charge in [-0.05, 0) is 12.5 Å². The summed E-state index contributed by atoms with van der Waals surface area (Å²) >= 11 is 0. The number of pyridine rings is 1. The molecule has 0 radical (unpaired) electrons. The Balaban J connectivity index is 1.60. The van der Waals surface area contributed by atoms with Crippen LogP contribution in [-0.4, -0.2) is 31.7 Å². The monoisotopic (exact) mass is 337 g/mol. The number of para-hydroxylation sites is 1. The molecule has 1 amide bonds. The van der Waals surface area contributed by atoms with Gasteiger partial charge in [0.15, 0.2) is 0 Å². The van der Waals surface area contributed by atoms with Crippen LogP contribution in [0.25, 0.3) is 10.9 Å². The van der Waals surface area contributed by atoms with Gasteiger partial charge in [0.1, 0.15) is 11.6 Å². The van der Waals surface area contributed by atoms with Crippen LogP contribution in [-0.2, 0) is 19.4 Å². The molecular weight excluding hydrogens is 318 g/mol. The molecule has 7 nitrogen and oxygen atoms in total. The van der Waals surface area contributed by atoms with Crippen LogP contribution in [0, 0.1) is 0 Å². The van der Waals surface area contributed by atoms with Crippen LogP contribution in [0.15, 0.2) is 35.1 Å². The smallest absolute Gasteiger partial charge is 0.252 e. The fourth-order valence-electron chi connectivity index (χ4n) is 3.42. The minimum absolute atomic E-state index is 0.000602. The second-order valence-electron chi connectivity index (χ2n) is 6.30. The number of amides is 1. The molecule has 0 unspecified atom stereocenters. The predicted octanol–water partition coefficient (Wildman–Crippen LogP) is 1.43. The van der Waals surface area contributed by atoms with E-state index < -0.39 is 0 Å². The quantitative estimate of drug-likeness (QED) is 0.756. The van der Waals surface area contributed by atoms with Crippen molar-refractivity contribution in [3.8, 4) is 0 Å². The molecule has 2 aromatic heterocycles. The number of carbonyl (C=O) groups is 1. The number of nitrogens with zero attached hydrogens (tertiary/aromatic N) is 3. The molecule has 1 aliphatic heterocycles. The van der Waals surface area contributed by atoms with Gasteiger partial charge in [0.2, 0.25) is 5.56 Å². The maximum atomic E-state index is 12.8. The Bertz CT molecular complexity index is 991. The van der Waals surface area contributed by atoms with Crippen molar-refractivity contribution in [3.63, 3.8) is 0 Å². The molecule has 1 aliphatic rings. The number of rotatable bonds is 3. The number of hydrogen-bond donors (Lipinski definition) is 2. The number of aromatic nitrogens is 4. The van der Waals surface area contributed by atoms with E-state index in [0.717, 1.165) is 36.3 Å². The third-order valence-corrected chi connectivity index (χ3v) is 4.67. The summed E-state index contributed by atoms with van der Waals surface area (Å²) in [5.74, 6) is 1.70. The normalized spacial score (nSPS) is 16.6. The molecule has 128 valence electrons. The first-order chi connectivity index (χ1) is 12.2. The molecule has 7 heteroatoms. The van der Waals surface area contributed by atoms with Gasteiger partial charge in [-0.25, -0.2) is 0 Å². The molecule has 0 fully saturated rings. The van der Waals surface area contributed by atoms with Crippen molar-refractivity contribution < 1.29 is 4.79 Å². The summed E-state index contributed by atoms with van der Waals surface area (Å²) in [5.41, 5.74) is 0.796. The Labute approximate surface area is 144 Å². The van der Waals surface area contributed by atoms with Crippen molar-refractivity contribution in [1.82, 2.24) is 25.1 Å². The van der Waals surface area contributed by atoms with Gasteiger partial charge in [-0.3, -0.25) is 9.59 Å². The summed E-state index contributed by atoms with van der Waals surface area (Å²) in [5, 5.41) is 12.2. The van der Waals surface area contributed by atoms with Crippen LogP contribution in [0.2, 0.25) is 0 Å². The molecule has 0 spiro atoms. The summed E-state index contributed by atoms with van der Waals surface area (Å²) in [6.07, 6.45) is 2.41. The van der Waals surface area contributed by atoms with Crippen molar-refractivity contribution >= 4 is 16.8 Å². The van der Waals surface area contributed by atoms with E-state index in [-0.39, 0.29) is 17.5 Å². The molecule has 0 bridgehead atoms. The SMILES string of the molecule is CCc1nnc2n1C[C@H](NC(=O)c1cc(=O)[nH]c3ccccc13)CC2. The number of fused-ring (bicyclic) bond motifs is 2. The van der Waals surface area contributed by atoms with Crippen LogP contribution < -0.4 is 10.9 Å². The second-order valence-corrected chi connectivity index (χ2v) is 6.30. The van der Waals surface area contributed by atoms with Crippen LogP contribution in [0.5, 0.6) is 0 Å². The minimum atomic E-state index is -0.276. The van der Waals surface area contributed by atoms with Gasteiger partial charge in [0, 0.05) is 42.4 Å². The summed E-state index contributed by atoms with van der Waals surface area (Å²) in [7, 11) is 0. The van der Waals surface area contributed by atoms with E-state index in [1.54, 1.807) is 6.07 Å². The number of aryl methyl sites for hydroxylation is 2. The number of H-pyrrole nitrogens is 1. The van der Waals surface area contributed by atoms with Crippen LogP contribution >= 0.6 is 0 Å². The predicted molar refractivity (Wildman–Crippen MR) is 93.5 cm³/mol. The largest absolute Gasteiger partial charge is 0.347 e. The highest BCUT2D eigenvalue weighted by molar-refractivity contribution is 6.06. The van der Waals surface area contributed by atoms with Crippen molar-refractivity contribution in [1.29, 1.82) is 0 Å². The molecule has 3 heterocycles. The molecule has 0 saturated carbocycles. The first-order valence-electron chi connectivity index (χ1n) is 8.49. The highest BCUT2D eigenvalue weighted by Gasteiger charge is 2.24. The zero-order valence-electron chi connectivity index (χ0n) is 14.0. The van der Waals surface area contributed by atoms with Gasteiger partial charge in [-0.15, -0.1) is 10.2 Å². The highest BCUT2D eigenvalue weighted by Crippen LogP contribution is 2.18. The Hall–Kier alpha value is -2.96. The van der Waals surface area contributed by atoms with Gasteiger partial charge >= 0.3 is 0 Å². The number of benzene rings is 1. The van der Waals surface area contributed by atoms with Gasteiger partial charge in [-0.2, -0.15) is 0 Å². The zero-order chi connectivity index (χ0) is 17.4. The third kappa shape index (κ3) is 2.82. The summed E-state index contributed by atoms with van der Waals surface area (Å²) < 4.78 is 2.09. The van der Waals surface area contributed by atoms with E-state index in [0.29, 0.717) is 17.6 Å². The molecule has 3 aromatic rings. The second kappa shape index (κ2) is 6.16. The number of carbonyl (C=O) groups excluding carboxylic acids is 1. The van der Waals surface area contributed by atoms with Crippen molar-refractivity contribution in [2.24, 2.45) is 0 Å². The summed E-state index contributed by atoms with van der Waals surface area (Å²) in [6.45, 7) is 2.71. The fourth-order valence-corrected chi connectivity index (χ4v) is 3.42. The Morgan fingerprint density at radius 2 is 2.20 bits per heavy atom. The maximum absolute atomic E-state index is 12.8. The Kier molecular flexibility index (Phi) is 3.83. The third-order valence-electron chi connectivity index (χ3n) is 4.67. The maximum Gasteiger partial charge on any atom is 0.252 e. The summed E-state index contributed by atoms with van der Waals surface area (Å²) in [6, 6.07) is 8.69. The minimum Gasteiger partial charge on any atom is -0.347 e. The van der Waals surface area contributed by atoms with E-state index in [9.17, 15) is 9.59 Å². The Morgan fingerprint density at radius 1 is 1.36 bits per heavy atom. The van der Waals surface area contributed by atoms with E-state index in [4.69, 9.17) is 0 Å². The van der Waals surface area contributed by atoms with Crippen LogP contribution in [0.3, 0.4) is 0 Å². The topological polar surface area (TPSA) is 92.7 Å². The van der Waals surface area contributed by atoms with Gasteiger partial charge in [0.25, 0.3) is 5.91 Å². The molecule has 4 rings (SSSR count). The van der Waals surface area contributed by atoms with Crippen molar-refractivity contribution in [3.05, 3.63) is 57.9 Å². The molecule has 25 heavy (non-hydrogen) atoms.